The maximum atomic E-state index is 10.4. The average Bonchev–Trinajstić information content (AvgIpc) is 2.48. The highest BCUT2D eigenvalue weighted by atomic mass is 32.1. The van der Waals surface area contributed by atoms with Crippen LogP contribution in [0.1, 0.15) is 16.7 Å². The van der Waals surface area contributed by atoms with E-state index in [2.05, 4.69) is 5.32 Å². The number of hydrogen-bond donors (Lipinski definition) is 2. The molecule has 1 aromatic rings. The van der Waals surface area contributed by atoms with E-state index in [9.17, 15) is 4.79 Å². The molecule has 3 nitrogen and oxygen atoms in total. The van der Waals surface area contributed by atoms with Gasteiger partial charge in [0.25, 0.3) is 0 Å². The van der Waals surface area contributed by atoms with Crippen LogP contribution >= 0.6 is 11.3 Å². The predicted octanol–water partition coefficient (Wildman–Crippen LogP) is 1.48. The highest BCUT2D eigenvalue weighted by Gasteiger charge is 2.03. The minimum Gasteiger partial charge on any atom is -0.481 e. The molecule has 0 saturated heterocycles. The molecule has 72 valence electrons. The van der Waals surface area contributed by atoms with Crippen molar-refractivity contribution in [2.24, 2.45) is 0 Å². The summed E-state index contributed by atoms with van der Waals surface area (Å²) in [5, 5.41) is 11.7. The van der Waals surface area contributed by atoms with Gasteiger partial charge in [-0.3, -0.25) is 4.79 Å². The topological polar surface area (TPSA) is 49.3 Å². The van der Waals surface area contributed by atoms with E-state index in [1.54, 1.807) is 11.3 Å². The fraction of sp³-hybridized carbons (Fsp3) is 0.444. The third kappa shape index (κ3) is 3.57. The van der Waals surface area contributed by atoms with Crippen LogP contribution in [0.25, 0.3) is 0 Å². The average molecular weight is 199 g/mol. The first-order valence-electron chi connectivity index (χ1n) is 4.22. The molecule has 0 fully saturated rings. The summed E-state index contributed by atoms with van der Waals surface area (Å²) in [6.45, 7) is 3.82. The van der Waals surface area contributed by atoms with E-state index < -0.39 is 5.97 Å². The van der Waals surface area contributed by atoms with Crippen molar-refractivity contribution in [1.82, 2.24) is 5.32 Å². The lowest BCUT2D eigenvalue weighted by molar-refractivity contribution is -0.136. The van der Waals surface area contributed by atoms with Gasteiger partial charge in [0.1, 0.15) is 0 Å². The minimum absolute atomic E-state index is 0.136. The number of nitrogens with one attached hydrogen (secondary N) is 1. The van der Waals surface area contributed by atoms with E-state index in [1.807, 2.05) is 19.1 Å². The number of rotatable bonds is 5. The van der Waals surface area contributed by atoms with Crippen LogP contribution in [-0.4, -0.2) is 17.6 Å². The molecule has 0 amide bonds. The van der Waals surface area contributed by atoms with Crippen molar-refractivity contribution in [3.63, 3.8) is 0 Å². The summed E-state index contributed by atoms with van der Waals surface area (Å²) >= 11 is 1.56. The van der Waals surface area contributed by atoms with Gasteiger partial charge in [0.15, 0.2) is 0 Å². The minimum atomic E-state index is -0.767. The monoisotopic (exact) mass is 199 g/mol. The molecule has 0 aliphatic carbocycles. The summed E-state index contributed by atoms with van der Waals surface area (Å²) < 4.78 is 0. The molecule has 1 aromatic heterocycles. The molecule has 1 heterocycles. The lowest BCUT2D eigenvalue weighted by Crippen LogP contribution is -2.10. The van der Waals surface area contributed by atoms with Gasteiger partial charge in [-0.15, -0.1) is 11.3 Å². The van der Waals surface area contributed by atoms with Crippen molar-refractivity contribution in [2.45, 2.75) is 19.9 Å². The van der Waals surface area contributed by atoms with Crippen LogP contribution in [0, 0.1) is 0 Å². The Morgan fingerprint density at radius 1 is 1.54 bits per heavy atom. The zero-order valence-electron chi connectivity index (χ0n) is 7.54. The molecule has 0 bridgehead atoms. The van der Waals surface area contributed by atoms with E-state index in [0.29, 0.717) is 0 Å². The van der Waals surface area contributed by atoms with Gasteiger partial charge in [-0.25, -0.2) is 0 Å². The molecule has 0 unspecified atom stereocenters. The van der Waals surface area contributed by atoms with Crippen molar-refractivity contribution < 1.29 is 9.90 Å². The number of hydrogen-bond acceptors (Lipinski definition) is 3. The first-order valence-corrected chi connectivity index (χ1v) is 5.04. The van der Waals surface area contributed by atoms with E-state index >= 15 is 0 Å². The van der Waals surface area contributed by atoms with E-state index in [1.165, 1.54) is 4.88 Å². The fourth-order valence-electron chi connectivity index (χ4n) is 1.01. The number of aliphatic carboxylic acids is 1. The Morgan fingerprint density at radius 2 is 2.23 bits per heavy atom. The van der Waals surface area contributed by atoms with Crippen LogP contribution in [0.3, 0.4) is 0 Å². The zero-order chi connectivity index (χ0) is 9.68. The smallest absolute Gasteiger partial charge is 0.308 e. The van der Waals surface area contributed by atoms with Crippen molar-refractivity contribution in [1.29, 1.82) is 0 Å². The Labute approximate surface area is 81.4 Å². The Balaban J connectivity index is 2.48. The van der Waals surface area contributed by atoms with E-state index in [0.717, 1.165) is 18.0 Å². The Hall–Kier alpha value is -0.870. The molecule has 0 aromatic carbocycles. The van der Waals surface area contributed by atoms with Gasteiger partial charge < -0.3 is 10.4 Å². The van der Waals surface area contributed by atoms with E-state index in [-0.39, 0.29) is 6.42 Å². The van der Waals surface area contributed by atoms with Crippen molar-refractivity contribution >= 4 is 17.3 Å². The quantitative estimate of drug-likeness (QED) is 0.755. The largest absolute Gasteiger partial charge is 0.481 e. The summed E-state index contributed by atoms with van der Waals surface area (Å²) in [5.41, 5.74) is 0. The molecule has 0 radical (unpaired) electrons. The van der Waals surface area contributed by atoms with Crippen LogP contribution in [0.15, 0.2) is 12.1 Å². The van der Waals surface area contributed by atoms with Gasteiger partial charge >= 0.3 is 5.97 Å². The molecule has 0 atom stereocenters. The van der Waals surface area contributed by atoms with E-state index in [4.69, 9.17) is 5.11 Å². The van der Waals surface area contributed by atoms with Crippen LogP contribution in [0.2, 0.25) is 0 Å². The van der Waals surface area contributed by atoms with Gasteiger partial charge in [-0.05, 0) is 18.7 Å². The third-order valence-corrected chi connectivity index (χ3v) is 2.68. The second kappa shape index (κ2) is 4.99. The highest BCUT2D eigenvalue weighted by Crippen LogP contribution is 2.16. The first-order chi connectivity index (χ1) is 6.22. The summed E-state index contributed by atoms with van der Waals surface area (Å²) in [6.07, 6.45) is 0.136. The van der Waals surface area contributed by atoms with Crippen LogP contribution in [0.5, 0.6) is 0 Å². The Kier molecular flexibility index (Phi) is 3.92. The number of carboxylic acids is 1. The summed E-state index contributed by atoms with van der Waals surface area (Å²) in [4.78, 5) is 12.5. The van der Waals surface area contributed by atoms with Gasteiger partial charge in [0.05, 0.1) is 6.42 Å². The standard InChI is InChI=1S/C9H13NO2S/c1-2-10-6-8-4-3-7(13-8)5-9(11)12/h3-4,10H,2,5-6H2,1H3,(H,11,12). The Morgan fingerprint density at radius 3 is 2.85 bits per heavy atom. The maximum absolute atomic E-state index is 10.4. The molecule has 0 aliphatic heterocycles. The van der Waals surface area contributed by atoms with Gasteiger partial charge in [0, 0.05) is 16.3 Å². The normalized spacial score (nSPS) is 10.2. The number of carbonyl (C=O) groups is 1. The SMILES string of the molecule is CCNCc1ccc(CC(=O)O)s1. The predicted molar refractivity (Wildman–Crippen MR) is 53.0 cm³/mol. The molecule has 0 spiro atoms. The van der Waals surface area contributed by atoms with Crippen molar-refractivity contribution in [2.75, 3.05) is 6.54 Å². The lowest BCUT2D eigenvalue weighted by atomic mass is 10.3. The zero-order valence-corrected chi connectivity index (χ0v) is 8.36. The van der Waals surface area contributed by atoms with Gasteiger partial charge in [-0.1, -0.05) is 6.92 Å². The van der Waals surface area contributed by atoms with Crippen molar-refractivity contribution in [3.8, 4) is 0 Å². The second-order valence-electron chi connectivity index (χ2n) is 2.72. The third-order valence-electron chi connectivity index (χ3n) is 1.59. The molecule has 2 N–H and O–H groups in total. The number of thiophene rings is 1. The first kappa shape index (κ1) is 10.2. The molecule has 0 saturated carbocycles. The maximum Gasteiger partial charge on any atom is 0.308 e. The van der Waals surface area contributed by atoms with Gasteiger partial charge in [0.2, 0.25) is 0 Å². The molecule has 0 aliphatic rings. The lowest BCUT2D eigenvalue weighted by Gasteiger charge is -1.95. The molecular formula is C9H13NO2S. The van der Waals surface area contributed by atoms with Gasteiger partial charge in [-0.2, -0.15) is 0 Å². The van der Waals surface area contributed by atoms with Crippen LogP contribution in [0.4, 0.5) is 0 Å². The summed E-state index contributed by atoms with van der Waals surface area (Å²) in [6, 6.07) is 3.86. The number of carboxylic acid groups (broad SMARTS) is 1. The fourth-order valence-corrected chi connectivity index (χ4v) is 1.99. The molecule has 1 rings (SSSR count). The summed E-state index contributed by atoms with van der Waals surface area (Å²) in [7, 11) is 0. The molecule has 4 heteroatoms. The molecule has 13 heavy (non-hydrogen) atoms. The van der Waals surface area contributed by atoms with Crippen molar-refractivity contribution in [3.05, 3.63) is 21.9 Å². The Bertz CT molecular complexity index is 283. The van der Waals surface area contributed by atoms with Crippen LogP contribution < -0.4 is 5.32 Å². The van der Waals surface area contributed by atoms with Crippen LogP contribution in [-0.2, 0) is 17.8 Å². The highest BCUT2D eigenvalue weighted by molar-refractivity contribution is 7.12. The summed E-state index contributed by atoms with van der Waals surface area (Å²) in [5.74, 6) is -0.767. The second-order valence-corrected chi connectivity index (χ2v) is 3.97. The molecular weight excluding hydrogens is 186 g/mol.